The van der Waals surface area contributed by atoms with Gasteiger partial charge in [0.15, 0.2) is 11.5 Å². The van der Waals surface area contributed by atoms with Crippen LogP contribution in [0, 0.1) is 0 Å². The van der Waals surface area contributed by atoms with Crippen LogP contribution in [0.25, 0.3) is 6.08 Å². The molecule has 0 spiro atoms. The molecular formula is C26H24Cl2N2O6S. The summed E-state index contributed by atoms with van der Waals surface area (Å²) in [6.45, 7) is 2.99. The first-order valence-corrected chi connectivity index (χ1v) is 13.3. The van der Waals surface area contributed by atoms with Crippen LogP contribution in [0.2, 0.25) is 10.0 Å². The maximum atomic E-state index is 12.9. The van der Waals surface area contributed by atoms with E-state index in [4.69, 9.17) is 32.7 Å². The summed E-state index contributed by atoms with van der Waals surface area (Å²) in [5, 5.41) is -0.215. The van der Waals surface area contributed by atoms with Crippen molar-refractivity contribution in [3.8, 4) is 11.5 Å². The molecule has 0 bridgehead atoms. The Morgan fingerprint density at radius 1 is 1.05 bits per heavy atom. The van der Waals surface area contributed by atoms with Gasteiger partial charge in [-0.1, -0.05) is 35.3 Å². The summed E-state index contributed by atoms with van der Waals surface area (Å²) in [5.41, 5.74) is 0.624. The first kappa shape index (κ1) is 27.0. The smallest absolute Gasteiger partial charge is 0.345 e. The van der Waals surface area contributed by atoms with E-state index < -0.39 is 17.1 Å². The van der Waals surface area contributed by atoms with Crippen LogP contribution >= 0.6 is 35.0 Å². The van der Waals surface area contributed by atoms with E-state index in [-0.39, 0.29) is 51.1 Å². The molecule has 2 heterocycles. The maximum Gasteiger partial charge on any atom is 0.345 e. The predicted molar refractivity (Wildman–Crippen MR) is 142 cm³/mol. The Kier molecular flexibility index (Phi) is 8.79. The average molecular weight is 563 g/mol. The number of amides is 3. The maximum absolute atomic E-state index is 12.9. The van der Waals surface area contributed by atoms with Crippen LogP contribution in [0.1, 0.15) is 42.1 Å². The molecule has 2 aliphatic rings. The molecule has 8 nitrogen and oxygen atoms in total. The lowest BCUT2D eigenvalue weighted by Gasteiger charge is -2.27. The largest absolute Gasteiger partial charge is 0.490 e. The van der Waals surface area contributed by atoms with Gasteiger partial charge in [-0.15, -0.1) is 0 Å². The topological polar surface area (TPSA) is 93.2 Å². The van der Waals surface area contributed by atoms with Crippen molar-refractivity contribution in [3.63, 3.8) is 0 Å². The van der Waals surface area contributed by atoms with Crippen molar-refractivity contribution in [1.82, 2.24) is 9.80 Å². The fourth-order valence-corrected chi connectivity index (χ4v) is 5.28. The Morgan fingerprint density at radius 3 is 2.49 bits per heavy atom. The number of piperidine rings is 1. The van der Waals surface area contributed by atoms with Crippen molar-refractivity contribution in [2.45, 2.75) is 26.2 Å². The third-order valence-corrected chi connectivity index (χ3v) is 7.31. The van der Waals surface area contributed by atoms with Crippen LogP contribution in [0.3, 0.4) is 0 Å². The van der Waals surface area contributed by atoms with Gasteiger partial charge in [0.25, 0.3) is 11.1 Å². The Labute approximate surface area is 228 Å². The fraction of sp³-hybridized carbons (Fsp3) is 0.308. The van der Waals surface area contributed by atoms with Crippen LogP contribution in [0.5, 0.6) is 11.5 Å². The molecule has 11 heteroatoms. The van der Waals surface area contributed by atoms with Crippen LogP contribution in [0.15, 0.2) is 41.3 Å². The number of likely N-dealkylation sites (tertiary alicyclic amines) is 1. The van der Waals surface area contributed by atoms with E-state index in [1.807, 2.05) is 0 Å². The molecule has 194 valence electrons. The molecule has 3 amide bonds. The Bertz CT molecular complexity index is 1280. The third kappa shape index (κ3) is 6.29. The minimum absolute atomic E-state index is 0.00539. The van der Waals surface area contributed by atoms with Gasteiger partial charge < -0.3 is 14.4 Å². The zero-order valence-electron chi connectivity index (χ0n) is 20.0. The Balaban J connectivity index is 1.54. The second-order valence-electron chi connectivity index (χ2n) is 8.34. The lowest BCUT2D eigenvalue weighted by molar-refractivity contribution is -0.136. The molecule has 2 aromatic rings. The number of rotatable bonds is 7. The van der Waals surface area contributed by atoms with E-state index in [0.29, 0.717) is 18.7 Å². The summed E-state index contributed by atoms with van der Waals surface area (Å²) < 4.78 is 11.1. The van der Waals surface area contributed by atoms with Gasteiger partial charge in [-0.25, -0.2) is 4.79 Å². The number of nitrogens with zero attached hydrogens (tertiary/aromatic N) is 2. The summed E-state index contributed by atoms with van der Waals surface area (Å²) in [6.07, 6.45) is 4.39. The molecule has 2 aromatic carbocycles. The first-order chi connectivity index (χ1) is 17.8. The van der Waals surface area contributed by atoms with Gasteiger partial charge in [0.1, 0.15) is 6.54 Å². The highest BCUT2D eigenvalue weighted by Crippen LogP contribution is 2.40. The average Bonchev–Trinajstić information content (AvgIpc) is 3.14. The molecule has 2 saturated heterocycles. The molecule has 37 heavy (non-hydrogen) atoms. The molecule has 0 radical (unpaired) electrons. The molecule has 0 atom stereocenters. The van der Waals surface area contributed by atoms with E-state index in [2.05, 4.69) is 0 Å². The number of ether oxygens (including phenoxy) is 2. The van der Waals surface area contributed by atoms with Crippen molar-refractivity contribution >= 4 is 64.1 Å². The summed E-state index contributed by atoms with van der Waals surface area (Å²) in [7, 11) is 0. The second-order valence-corrected chi connectivity index (χ2v) is 10.1. The number of carbonyl (C=O) groups excluding carboxylic acids is 4. The molecule has 0 unspecified atom stereocenters. The second kappa shape index (κ2) is 12.0. The van der Waals surface area contributed by atoms with E-state index in [0.717, 1.165) is 35.9 Å². The van der Waals surface area contributed by atoms with E-state index >= 15 is 0 Å². The van der Waals surface area contributed by atoms with Gasteiger partial charge in [0.2, 0.25) is 5.91 Å². The van der Waals surface area contributed by atoms with Gasteiger partial charge in [-0.3, -0.25) is 19.3 Å². The normalized spacial score (nSPS) is 16.9. The van der Waals surface area contributed by atoms with Gasteiger partial charge >= 0.3 is 5.97 Å². The number of halogens is 2. The zero-order valence-corrected chi connectivity index (χ0v) is 22.3. The summed E-state index contributed by atoms with van der Waals surface area (Å²) >= 11 is 13.3. The van der Waals surface area contributed by atoms with Crippen LogP contribution < -0.4 is 9.47 Å². The number of benzene rings is 2. The SMILES string of the molecule is CCOc1cc(/C=C2\SC(=O)N(CC(=O)N3CCCCC3)C2=O)cc(Cl)c1OC(=O)c1ccccc1Cl. The Hall–Kier alpha value is -3.01. The molecule has 4 rings (SSSR count). The van der Waals surface area contributed by atoms with E-state index in [9.17, 15) is 19.2 Å². The number of hydrogen-bond donors (Lipinski definition) is 0. The van der Waals surface area contributed by atoms with Crippen molar-refractivity contribution in [3.05, 3.63) is 62.5 Å². The van der Waals surface area contributed by atoms with Crippen LogP contribution in [-0.2, 0) is 9.59 Å². The molecule has 0 aromatic heterocycles. The zero-order chi connectivity index (χ0) is 26.5. The lowest BCUT2D eigenvalue weighted by atomic mass is 10.1. The summed E-state index contributed by atoms with van der Waals surface area (Å²) in [6, 6.07) is 9.49. The standard InChI is InChI=1S/C26H24Cl2N2O6S/c1-2-35-20-13-16(12-19(28)23(20)36-25(33)17-8-4-5-9-18(17)27)14-21-24(32)30(26(34)37-21)15-22(31)29-10-6-3-7-11-29/h4-5,8-9,12-14H,2-3,6-7,10-11,15H2,1H3/b21-14-. The fourth-order valence-electron chi connectivity index (χ4n) is 3.97. The van der Waals surface area contributed by atoms with Gasteiger partial charge in [-0.2, -0.15) is 0 Å². The lowest BCUT2D eigenvalue weighted by Crippen LogP contribution is -2.44. The monoisotopic (exact) mass is 562 g/mol. The van der Waals surface area contributed by atoms with Crippen molar-refractivity contribution < 1.29 is 28.7 Å². The molecular weight excluding hydrogens is 539 g/mol. The first-order valence-electron chi connectivity index (χ1n) is 11.7. The molecule has 0 N–H and O–H groups in total. The molecule has 0 saturated carbocycles. The molecule has 2 fully saturated rings. The minimum atomic E-state index is -0.708. The van der Waals surface area contributed by atoms with E-state index in [1.165, 1.54) is 18.2 Å². The van der Waals surface area contributed by atoms with E-state index in [1.54, 1.807) is 36.1 Å². The minimum Gasteiger partial charge on any atom is -0.490 e. The Morgan fingerprint density at radius 2 is 1.78 bits per heavy atom. The summed E-state index contributed by atoms with van der Waals surface area (Å²) in [4.78, 5) is 53.5. The highest BCUT2D eigenvalue weighted by Gasteiger charge is 2.37. The van der Waals surface area contributed by atoms with Gasteiger partial charge in [0.05, 0.1) is 27.1 Å². The number of imide groups is 1. The van der Waals surface area contributed by atoms with Crippen molar-refractivity contribution in [2.75, 3.05) is 26.2 Å². The molecule has 2 aliphatic heterocycles. The number of carbonyl (C=O) groups is 4. The van der Waals surface area contributed by atoms with Crippen LogP contribution in [0.4, 0.5) is 4.79 Å². The number of hydrogen-bond acceptors (Lipinski definition) is 7. The predicted octanol–water partition coefficient (Wildman–Crippen LogP) is 5.66. The van der Waals surface area contributed by atoms with Gasteiger partial charge in [-0.05, 0) is 73.9 Å². The van der Waals surface area contributed by atoms with Crippen molar-refractivity contribution in [2.24, 2.45) is 0 Å². The molecule has 0 aliphatic carbocycles. The van der Waals surface area contributed by atoms with Crippen LogP contribution in [-0.4, -0.2) is 59.1 Å². The summed E-state index contributed by atoms with van der Waals surface area (Å²) in [5.74, 6) is -1.31. The highest BCUT2D eigenvalue weighted by molar-refractivity contribution is 8.18. The highest BCUT2D eigenvalue weighted by atomic mass is 35.5. The van der Waals surface area contributed by atoms with Gasteiger partial charge in [0, 0.05) is 13.1 Å². The van der Waals surface area contributed by atoms with Crippen molar-refractivity contribution in [1.29, 1.82) is 0 Å². The third-order valence-electron chi connectivity index (χ3n) is 5.79. The number of thioether (sulfide) groups is 1. The quantitative estimate of drug-likeness (QED) is 0.244. The number of esters is 1.